The van der Waals surface area contributed by atoms with Crippen LogP contribution in [-0.4, -0.2) is 11.1 Å². The van der Waals surface area contributed by atoms with Crippen molar-refractivity contribution in [1.82, 2.24) is 0 Å². The van der Waals surface area contributed by atoms with Gasteiger partial charge in [-0.15, -0.1) is 0 Å². The topological polar surface area (TPSA) is 61.1 Å². The second kappa shape index (κ2) is 10.3. The van der Waals surface area contributed by atoms with E-state index in [2.05, 4.69) is 13.8 Å². The van der Waals surface area contributed by atoms with Crippen LogP contribution < -0.4 is 0 Å². The third kappa shape index (κ3) is 5.82. The monoisotopic (exact) mass is 361 g/mol. The number of hydrogen-bond donors (Lipinski definition) is 1. The van der Waals surface area contributed by atoms with Crippen LogP contribution in [0.25, 0.3) is 5.57 Å². The minimum atomic E-state index is -1.19. The van der Waals surface area contributed by atoms with E-state index in [4.69, 9.17) is 0 Å². The number of hydrogen-bond acceptors (Lipinski definition) is 2. The predicted molar refractivity (Wildman–Crippen MR) is 109 cm³/mol. The number of nitriles is 1. The molecule has 0 saturated carbocycles. The quantitative estimate of drug-likeness (QED) is 0.346. The van der Waals surface area contributed by atoms with E-state index in [0.29, 0.717) is 5.57 Å². The van der Waals surface area contributed by atoms with Gasteiger partial charge in [0, 0.05) is 5.57 Å². The van der Waals surface area contributed by atoms with Gasteiger partial charge in [-0.1, -0.05) is 87.7 Å². The zero-order valence-corrected chi connectivity index (χ0v) is 16.1. The van der Waals surface area contributed by atoms with Gasteiger partial charge in [0.05, 0.1) is 0 Å². The van der Waals surface area contributed by atoms with Gasteiger partial charge in [-0.25, -0.2) is 4.79 Å². The predicted octanol–water partition coefficient (Wildman–Crippen LogP) is 5.86. The third-order valence-corrected chi connectivity index (χ3v) is 4.65. The van der Waals surface area contributed by atoms with Crippen molar-refractivity contribution in [3.8, 4) is 6.07 Å². The first-order chi connectivity index (χ1) is 13.0. The number of carboxylic acids is 1. The summed E-state index contributed by atoms with van der Waals surface area (Å²) in [6, 6.07) is 19.1. The molecule has 140 valence electrons. The minimum Gasteiger partial charge on any atom is -0.477 e. The molecule has 0 saturated heterocycles. The van der Waals surface area contributed by atoms with Crippen molar-refractivity contribution >= 4 is 11.5 Å². The van der Waals surface area contributed by atoms with Crippen molar-refractivity contribution in [1.29, 1.82) is 5.26 Å². The van der Waals surface area contributed by atoms with E-state index in [9.17, 15) is 15.2 Å². The Morgan fingerprint density at radius 1 is 1.00 bits per heavy atom. The highest BCUT2D eigenvalue weighted by Crippen LogP contribution is 2.30. The van der Waals surface area contributed by atoms with E-state index in [1.807, 2.05) is 60.7 Å². The van der Waals surface area contributed by atoms with Crippen molar-refractivity contribution in [2.75, 3.05) is 0 Å². The summed E-state index contributed by atoms with van der Waals surface area (Å²) in [6.07, 6.45) is 5.53. The highest BCUT2D eigenvalue weighted by molar-refractivity contribution is 6.04. The molecule has 2 aromatic rings. The standard InChI is InChI=1S/C24H27NO2/c1-18(2)11-5-3-6-12-19-13-9-10-16-21(19)23(22(17-25)24(26)27)20-14-7-4-8-15-20/h4,7-10,13-16,18H,3,5-6,11-12H2,1-2H3,(H,26,27). The Labute approximate surface area is 162 Å². The Morgan fingerprint density at radius 2 is 1.67 bits per heavy atom. The lowest BCUT2D eigenvalue weighted by molar-refractivity contribution is -0.132. The molecule has 0 spiro atoms. The largest absolute Gasteiger partial charge is 0.477 e. The van der Waals surface area contributed by atoms with Crippen LogP contribution >= 0.6 is 0 Å². The molecule has 2 rings (SSSR count). The van der Waals surface area contributed by atoms with Gasteiger partial charge in [0.2, 0.25) is 0 Å². The first-order valence-corrected chi connectivity index (χ1v) is 9.56. The van der Waals surface area contributed by atoms with E-state index in [-0.39, 0.29) is 5.57 Å². The van der Waals surface area contributed by atoms with Crippen molar-refractivity contribution in [2.45, 2.75) is 46.0 Å². The maximum Gasteiger partial charge on any atom is 0.347 e. The van der Waals surface area contributed by atoms with Crippen LogP contribution in [0.4, 0.5) is 0 Å². The normalized spacial score (nSPS) is 11.8. The molecule has 27 heavy (non-hydrogen) atoms. The lowest BCUT2D eigenvalue weighted by Crippen LogP contribution is -2.06. The fraction of sp³-hybridized carbons (Fsp3) is 0.333. The molecular weight excluding hydrogens is 334 g/mol. The molecule has 0 aliphatic heterocycles. The zero-order chi connectivity index (χ0) is 19.6. The first kappa shape index (κ1) is 20.5. The van der Waals surface area contributed by atoms with E-state index in [0.717, 1.165) is 41.9 Å². The number of carboxylic acid groups (broad SMARTS) is 1. The smallest absolute Gasteiger partial charge is 0.347 e. The molecule has 0 amide bonds. The Balaban J connectivity index is 2.38. The first-order valence-electron chi connectivity index (χ1n) is 9.56. The summed E-state index contributed by atoms with van der Waals surface area (Å²) in [4.78, 5) is 11.7. The fourth-order valence-electron chi connectivity index (χ4n) is 3.28. The number of aliphatic carboxylic acids is 1. The van der Waals surface area contributed by atoms with Crippen LogP contribution in [0.2, 0.25) is 0 Å². The van der Waals surface area contributed by atoms with E-state index in [1.54, 1.807) is 0 Å². The number of nitrogens with zero attached hydrogens (tertiary/aromatic N) is 1. The summed E-state index contributed by atoms with van der Waals surface area (Å²) in [7, 11) is 0. The van der Waals surface area contributed by atoms with Crippen LogP contribution in [0.1, 0.15) is 56.2 Å². The van der Waals surface area contributed by atoms with Gasteiger partial charge in [-0.05, 0) is 35.4 Å². The minimum absolute atomic E-state index is 0.214. The Morgan fingerprint density at radius 3 is 2.30 bits per heavy atom. The lowest BCUT2D eigenvalue weighted by Gasteiger charge is -2.15. The van der Waals surface area contributed by atoms with E-state index in [1.165, 1.54) is 12.8 Å². The van der Waals surface area contributed by atoms with Crippen molar-refractivity contribution in [3.05, 3.63) is 76.9 Å². The van der Waals surface area contributed by atoms with Crippen LogP contribution in [-0.2, 0) is 11.2 Å². The number of aryl methyl sites for hydroxylation is 1. The highest BCUT2D eigenvalue weighted by atomic mass is 16.4. The third-order valence-electron chi connectivity index (χ3n) is 4.65. The molecule has 0 heterocycles. The number of unbranched alkanes of at least 4 members (excludes halogenated alkanes) is 2. The summed E-state index contributed by atoms with van der Waals surface area (Å²) in [5.41, 5.74) is 2.97. The van der Waals surface area contributed by atoms with Gasteiger partial charge >= 0.3 is 5.97 Å². The molecule has 0 aliphatic carbocycles. The lowest BCUT2D eigenvalue weighted by atomic mass is 9.88. The van der Waals surface area contributed by atoms with Crippen LogP contribution in [0.5, 0.6) is 0 Å². The average Bonchev–Trinajstić information content (AvgIpc) is 2.66. The molecule has 3 nitrogen and oxygen atoms in total. The fourth-order valence-corrected chi connectivity index (χ4v) is 3.28. The number of benzene rings is 2. The molecule has 0 atom stereocenters. The second-order valence-corrected chi connectivity index (χ2v) is 7.18. The zero-order valence-electron chi connectivity index (χ0n) is 16.1. The summed E-state index contributed by atoms with van der Waals surface area (Å²) >= 11 is 0. The average molecular weight is 361 g/mol. The molecule has 1 N–H and O–H groups in total. The number of carbonyl (C=O) groups is 1. The molecule has 0 aromatic heterocycles. The van der Waals surface area contributed by atoms with Crippen molar-refractivity contribution < 1.29 is 9.90 Å². The Bertz CT molecular complexity index is 829. The van der Waals surface area contributed by atoms with Gasteiger partial charge in [-0.2, -0.15) is 5.26 Å². The van der Waals surface area contributed by atoms with Crippen LogP contribution in [0.15, 0.2) is 60.2 Å². The van der Waals surface area contributed by atoms with Gasteiger partial charge in [0.25, 0.3) is 0 Å². The second-order valence-electron chi connectivity index (χ2n) is 7.18. The van der Waals surface area contributed by atoms with Crippen molar-refractivity contribution in [3.63, 3.8) is 0 Å². The van der Waals surface area contributed by atoms with Crippen LogP contribution in [0.3, 0.4) is 0 Å². The molecule has 0 unspecified atom stereocenters. The van der Waals surface area contributed by atoms with Gasteiger partial charge in [0.15, 0.2) is 0 Å². The van der Waals surface area contributed by atoms with Gasteiger partial charge in [-0.3, -0.25) is 0 Å². The Hall–Kier alpha value is -2.86. The molecule has 3 heteroatoms. The molecule has 0 fully saturated rings. The van der Waals surface area contributed by atoms with Gasteiger partial charge in [0.1, 0.15) is 11.6 Å². The highest BCUT2D eigenvalue weighted by Gasteiger charge is 2.19. The van der Waals surface area contributed by atoms with E-state index >= 15 is 0 Å². The number of rotatable bonds is 9. The summed E-state index contributed by atoms with van der Waals surface area (Å²) in [5.74, 6) is -0.471. The van der Waals surface area contributed by atoms with Gasteiger partial charge < -0.3 is 5.11 Å². The SMILES string of the molecule is CC(C)CCCCCc1ccccc1C(=C(C#N)C(=O)O)c1ccccc1. The summed E-state index contributed by atoms with van der Waals surface area (Å²) < 4.78 is 0. The molecule has 0 bridgehead atoms. The molecule has 2 aromatic carbocycles. The van der Waals surface area contributed by atoms with Crippen LogP contribution in [0, 0.1) is 17.2 Å². The maximum absolute atomic E-state index is 11.7. The Kier molecular flexibility index (Phi) is 7.82. The molecular formula is C24H27NO2. The van der Waals surface area contributed by atoms with Crippen molar-refractivity contribution in [2.24, 2.45) is 5.92 Å². The summed E-state index contributed by atoms with van der Waals surface area (Å²) in [5, 5.41) is 19.1. The molecule has 0 radical (unpaired) electrons. The summed E-state index contributed by atoms with van der Waals surface area (Å²) in [6.45, 7) is 4.48. The molecule has 0 aliphatic rings. The van der Waals surface area contributed by atoms with E-state index < -0.39 is 5.97 Å². The maximum atomic E-state index is 11.7.